The average Bonchev–Trinajstić information content (AvgIpc) is 3.29. The van der Waals surface area contributed by atoms with Crippen LogP contribution >= 0.6 is 0 Å². The predicted molar refractivity (Wildman–Crippen MR) is 98.0 cm³/mol. The summed E-state index contributed by atoms with van der Waals surface area (Å²) in [6, 6.07) is -0.0277. The van der Waals surface area contributed by atoms with E-state index in [0.29, 0.717) is 31.3 Å². The Kier molecular flexibility index (Phi) is 6.16. The standard InChI is InChI=1S/C19H32N4O3/c1-19(2,3)21-18(24)23-10-8-15(12-23)17-20-16(22-26-17)9-11-25-13-14-6-4-5-7-14/h14-15H,4-13H2,1-3H3,(H,21,24). The molecular formula is C19H32N4O3. The van der Waals surface area contributed by atoms with Gasteiger partial charge in [-0.25, -0.2) is 4.79 Å². The van der Waals surface area contributed by atoms with Crippen LogP contribution in [0.15, 0.2) is 4.52 Å². The van der Waals surface area contributed by atoms with Crippen LogP contribution in [0.3, 0.4) is 0 Å². The summed E-state index contributed by atoms with van der Waals surface area (Å²) >= 11 is 0. The van der Waals surface area contributed by atoms with Gasteiger partial charge in [0, 0.05) is 31.7 Å². The molecule has 1 aromatic rings. The molecule has 2 fully saturated rings. The molecule has 7 heteroatoms. The molecule has 0 spiro atoms. The maximum absolute atomic E-state index is 12.3. The van der Waals surface area contributed by atoms with E-state index in [1.54, 1.807) is 0 Å². The molecule has 1 aromatic heterocycles. The van der Waals surface area contributed by atoms with E-state index in [1.807, 2.05) is 25.7 Å². The lowest BCUT2D eigenvalue weighted by atomic mass is 10.1. The molecule has 146 valence electrons. The van der Waals surface area contributed by atoms with Gasteiger partial charge in [-0.1, -0.05) is 18.0 Å². The molecule has 3 rings (SSSR count). The fourth-order valence-corrected chi connectivity index (χ4v) is 3.67. The van der Waals surface area contributed by atoms with Gasteiger partial charge in [0.15, 0.2) is 5.82 Å². The molecule has 1 aliphatic heterocycles. The summed E-state index contributed by atoms with van der Waals surface area (Å²) in [7, 11) is 0. The van der Waals surface area contributed by atoms with Crippen LogP contribution in [0.25, 0.3) is 0 Å². The minimum absolute atomic E-state index is 0.0277. The molecule has 1 atom stereocenters. The summed E-state index contributed by atoms with van der Waals surface area (Å²) in [5, 5.41) is 7.07. The quantitative estimate of drug-likeness (QED) is 0.785. The van der Waals surface area contributed by atoms with E-state index in [4.69, 9.17) is 9.26 Å². The summed E-state index contributed by atoms with van der Waals surface area (Å²) in [6.07, 6.45) is 6.82. The zero-order valence-corrected chi connectivity index (χ0v) is 16.3. The number of carbonyl (C=O) groups excluding carboxylic acids is 1. The molecule has 1 unspecified atom stereocenters. The zero-order valence-electron chi connectivity index (χ0n) is 16.3. The van der Waals surface area contributed by atoms with Crippen molar-refractivity contribution in [3.63, 3.8) is 0 Å². The van der Waals surface area contributed by atoms with Crippen LogP contribution in [0.2, 0.25) is 0 Å². The number of aromatic nitrogens is 2. The second-order valence-electron chi connectivity index (χ2n) is 8.64. The Balaban J connectivity index is 1.41. The van der Waals surface area contributed by atoms with Crippen LogP contribution in [0, 0.1) is 5.92 Å². The number of ether oxygens (including phenoxy) is 1. The highest BCUT2D eigenvalue weighted by Gasteiger charge is 2.32. The van der Waals surface area contributed by atoms with Crippen LogP contribution in [0.4, 0.5) is 4.79 Å². The van der Waals surface area contributed by atoms with Crippen molar-refractivity contribution in [2.24, 2.45) is 5.92 Å². The van der Waals surface area contributed by atoms with Crippen LogP contribution in [-0.2, 0) is 11.2 Å². The Morgan fingerprint density at radius 3 is 2.81 bits per heavy atom. The number of likely N-dealkylation sites (tertiary alicyclic amines) is 1. The molecule has 1 N–H and O–H groups in total. The molecule has 1 aliphatic carbocycles. The first-order valence-electron chi connectivity index (χ1n) is 9.88. The van der Waals surface area contributed by atoms with E-state index in [0.717, 1.165) is 25.5 Å². The Hall–Kier alpha value is -1.63. The molecule has 7 nitrogen and oxygen atoms in total. The van der Waals surface area contributed by atoms with Crippen LogP contribution in [-0.4, -0.2) is 52.9 Å². The van der Waals surface area contributed by atoms with Crippen LogP contribution < -0.4 is 5.32 Å². The van der Waals surface area contributed by atoms with E-state index in [9.17, 15) is 4.79 Å². The highest BCUT2D eigenvalue weighted by Crippen LogP contribution is 2.26. The van der Waals surface area contributed by atoms with Gasteiger partial charge in [-0.2, -0.15) is 4.98 Å². The van der Waals surface area contributed by atoms with Crippen LogP contribution in [0.5, 0.6) is 0 Å². The number of hydrogen-bond donors (Lipinski definition) is 1. The monoisotopic (exact) mass is 364 g/mol. The summed E-state index contributed by atoms with van der Waals surface area (Å²) in [5.41, 5.74) is -0.231. The minimum Gasteiger partial charge on any atom is -0.381 e. The molecular weight excluding hydrogens is 332 g/mol. The normalized spacial score (nSPS) is 21.5. The highest BCUT2D eigenvalue weighted by atomic mass is 16.5. The first-order valence-corrected chi connectivity index (χ1v) is 9.88. The molecule has 0 bridgehead atoms. The average molecular weight is 364 g/mol. The Bertz CT molecular complexity index is 590. The Morgan fingerprint density at radius 1 is 1.31 bits per heavy atom. The smallest absolute Gasteiger partial charge is 0.317 e. The molecule has 2 amide bonds. The van der Waals surface area contributed by atoms with E-state index in [1.165, 1.54) is 25.7 Å². The topological polar surface area (TPSA) is 80.5 Å². The van der Waals surface area contributed by atoms with Crippen molar-refractivity contribution >= 4 is 6.03 Å². The molecule has 0 radical (unpaired) electrons. The van der Waals surface area contributed by atoms with E-state index in [2.05, 4.69) is 15.5 Å². The highest BCUT2D eigenvalue weighted by molar-refractivity contribution is 5.75. The van der Waals surface area contributed by atoms with Crippen LogP contribution in [0.1, 0.15) is 70.5 Å². The Labute approximate surface area is 155 Å². The minimum atomic E-state index is -0.231. The van der Waals surface area contributed by atoms with Gasteiger partial charge in [0.25, 0.3) is 0 Å². The molecule has 2 heterocycles. The van der Waals surface area contributed by atoms with Crippen molar-refractivity contribution in [1.29, 1.82) is 0 Å². The molecule has 1 saturated heterocycles. The second-order valence-corrected chi connectivity index (χ2v) is 8.64. The van der Waals surface area contributed by atoms with Gasteiger partial charge in [0.1, 0.15) is 0 Å². The van der Waals surface area contributed by atoms with E-state index in [-0.39, 0.29) is 17.5 Å². The largest absolute Gasteiger partial charge is 0.381 e. The lowest BCUT2D eigenvalue weighted by Crippen LogP contribution is -2.47. The third-order valence-electron chi connectivity index (χ3n) is 5.09. The predicted octanol–water partition coefficient (Wildman–Crippen LogP) is 3.12. The molecule has 1 saturated carbocycles. The van der Waals surface area contributed by atoms with Crippen molar-refractivity contribution < 1.29 is 14.1 Å². The van der Waals surface area contributed by atoms with Gasteiger partial charge < -0.3 is 19.5 Å². The maximum atomic E-state index is 12.3. The van der Waals surface area contributed by atoms with Gasteiger partial charge in [-0.15, -0.1) is 0 Å². The van der Waals surface area contributed by atoms with Gasteiger partial charge in [-0.3, -0.25) is 0 Å². The summed E-state index contributed by atoms with van der Waals surface area (Å²) in [6.45, 7) is 8.79. The van der Waals surface area contributed by atoms with Crippen molar-refractivity contribution in [3.8, 4) is 0 Å². The number of amides is 2. The van der Waals surface area contributed by atoms with E-state index >= 15 is 0 Å². The Morgan fingerprint density at radius 2 is 2.08 bits per heavy atom. The van der Waals surface area contributed by atoms with E-state index < -0.39 is 0 Å². The zero-order chi connectivity index (χ0) is 18.6. The van der Waals surface area contributed by atoms with Crippen molar-refractivity contribution in [1.82, 2.24) is 20.4 Å². The number of carbonyl (C=O) groups is 1. The molecule has 0 aromatic carbocycles. The second kappa shape index (κ2) is 8.37. The van der Waals surface area contributed by atoms with Crippen molar-refractivity contribution in [3.05, 3.63) is 11.7 Å². The SMILES string of the molecule is CC(C)(C)NC(=O)N1CCC(c2nc(CCOCC3CCCC3)no2)C1. The van der Waals surface area contributed by atoms with Gasteiger partial charge in [0.05, 0.1) is 12.5 Å². The number of rotatable bonds is 6. The lowest BCUT2D eigenvalue weighted by molar-refractivity contribution is 0.102. The maximum Gasteiger partial charge on any atom is 0.317 e. The first kappa shape index (κ1) is 19.1. The third kappa shape index (κ3) is 5.43. The summed E-state index contributed by atoms with van der Waals surface area (Å²) in [4.78, 5) is 18.6. The van der Waals surface area contributed by atoms with Gasteiger partial charge >= 0.3 is 6.03 Å². The molecule has 2 aliphatic rings. The number of nitrogens with one attached hydrogen (secondary N) is 1. The fraction of sp³-hybridized carbons (Fsp3) is 0.842. The van der Waals surface area contributed by atoms with Crippen molar-refractivity contribution in [2.75, 3.05) is 26.3 Å². The van der Waals surface area contributed by atoms with Gasteiger partial charge in [0.2, 0.25) is 5.89 Å². The van der Waals surface area contributed by atoms with Gasteiger partial charge in [-0.05, 0) is 46.0 Å². The number of nitrogens with zero attached hydrogens (tertiary/aromatic N) is 3. The summed E-state index contributed by atoms with van der Waals surface area (Å²) in [5.74, 6) is 2.20. The lowest BCUT2D eigenvalue weighted by Gasteiger charge is -2.25. The van der Waals surface area contributed by atoms with Crippen molar-refractivity contribution in [2.45, 2.75) is 70.8 Å². The third-order valence-corrected chi connectivity index (χ3v) is 5.09. The molecule has 26 heavy (non-hydrogen) atoms. The number of urea groups is 1. The number of hydrogen-bond acceptors (Lipinski definition) is 5. The summed E-state index contributed by atoms with van der Waals surface area (Å²) < 4.78 is 11.2. The fourth-order valence-electron chi connectivity index (χ4n) is 3.67. The first-order chi connectivity index (χ1) is 12.4.